The monoisotopic (exact) mass is 336 g/mol. The number of likely N-dealkylation sites (N-methyl/N-ethyl adjacent to an activating group) is 1. The van der Waals surface area contributed by atoms with Gasteiger partial charge in [0.1, 0.15) is 0 Å². The summed E-state index contributed by atoms with van der Waals surface area (Å²) in [5.41, 5.74) is 4.31. The lowest BCUT2D eigenvalue weighted by Crippen LogP contribution is -2.40. The van der Waals surface area contributed by atoms with Crippen molar-refractivity contribution in [1.29, 1.82) is 0 Å². The molecule has 0 saturated carbocycles. The van der Waals surface area contributed by atoms with Crippen molar-refractivity contribution in [1.82, 2.24) is 10.2 Å². The highest BCUT2D eigenvalue weighted by molar-refractivity contribution is 5.95. The van der Waals surface area contributed by atoms with Gasteiger partial charge < -0.3 is 5.32 Å². The van der Waals surface area contributed by atoms with E-state index in [1.807, 2.05) is 18.2 Å². The number of benzene rings is 2. The number of nitrogens with zero attached hydrogens (tertiary/aromatic N) is 1. The first-order valence-electron chi connectivity index (χ1n) is 9.43. The quantitative estimate of drug-likeness (QED) is 0.860. The van der Waals surface area contributed by atoms with Gasteiger partial charge in [0.25, 0.3) is 5.91 Å². The summed E-state index contributed by atoms with van der Waals surface area (Å²) < 4.78 is 0. The predicted octanol–water partition coefficient (Wildman–Crippen LogP) is 4.13. The Balaban J connectivity index is 1.69. The largest absolute Gasteiger partial charge is 0.350 e. The van der Waals surface area contributed by atoms with E-state index in [0.29, 0.717) is 6.04 Å². The zero-order chi connectivity index (χ0) is 17.6. The Kier molecular flexibility index (Phi) is 5.87. The van der Waals surface area contributed by atoms with E-state index in [0.717, 1.165) is 37.2 Å². The van der Waals surface area contributed by atoms with Crippen LogP contribution in [0.5, 0.6) is 0 Å². The van der Waals surface area contributed by atoms with Gasteiger partial charge in [0, 0.05) is 18.2 Å². The summed E-state index contributed by atoms with van der Waals surface area (Å²) in [6.07, 6.45) is 3.43. The topological polar surface area (TPSA) is 32.3 Å². The summed E-state index contributed by atoms with van der Waals surface area (Å²) in [6.45, 7) is 7.30. The molecule has 1 fully saturated rings. The van der Waals surface area contributed by atoms with Gasteiger partial charge in [0.15, 0.2) is 0 Å². The molecule has 132 valence electrons. The molecule has 0 aromatic heterocycles. The van der Waals surface area contributed by atoms with E-state index in [4.69, 9.17) is 0 Å². The van der Waals surface area contributed by atoms with Crippen molar-refractivity contribution in [2.75, 3.05) is 19.6 Å². The molecular formula is C22H28N2O. The van der Waals surface area contributed by atoms with Gasteiger partial charge in [-0.05, 0) is 61.2 Å². The number of amides is 1. The van der Waals surface area contributed by atoms with Gasteiger partial charge >= 0.3 is 0 Å². The highest BCUT2D eigenvalue weighted by Crippen LogP contribution is 2.22. The maximum atomic E-state index is 12.6. The Bertz CT molecular complexity index is 725. The van der Waals surface area contributed by atoms with E-state index in [1.54, 1.807) is 0 Å². The molecule has 25 heavy (non-hydrogen) atoms. The molecule has 0 unspecified atom stereocenters. The smallest absolute Gasteiger partial charge is 0.251 e. The number of hydrogen-bond acceptors (Lipinski definition) is 2. The molecule has 2 aromatic rings. The number of carbonyl (C=O) groups excluding carboxylic acids is 1. The van der Waals surface area contributed by atoms with Crippen LogP contribution in [0.25, 0.3) is 11.1 Å². The van der Waals surface area contributed by atoms with Crippen LogP contribution in [0, 0.1) is 0 Å². The summed E-state index contributed by atoms with van der Waals surface area (Å²) in [5.74, 6) is 0.0245. The number of carbonyl (C=O) groups is 1. The van der Waals surface area contributed by atoms with Crippen molar-refractivity contribution in [3.63, 3.8) is 0 Å². The molecule has 0 radical (unpaired) electrons. The van der Waals surface area contributed by atoms with E-state index in [2.05, 4.69) is 54.4 Å². The molecule has 0 bridgehead atoms. The molecular weight excluding hydrogens is 308 g/mol. The van der Waals surface area contributed by atoms with E-state index in [-0.39, 0.29) is 5.91 Å². The third-order valence-corrected chi connectivity index (χ3v) is 5.20. The standard InChI is InChI=1S/C22H28N2O/c1-3-17-8-5-9-18(14-17)19-10-6-11-20(15-19)22(25)23-16-21-12-7-13-24(21)4-2/h5-6,8-11,14-15,21H,3-4,7,12-13,16H2,1-2H3,(H,23,25)/t21-/m1/s1. The van der Waals surface area contributed by atoms with Gasteiger partial charge in [0.05, 0.1) is 0 Å². The van der Waals surface area contributed by atoms with E-state index >= 15 is 0 Å². The number of aryl methyl sites for hydroxylation is 1. The summed E-state index contributed by atoms with van der Waals surface area (Å²) in [5, 5.41) is 3.13. The van der Waals surface area contributed by atoms with Crippen LogP contribution in [0.4, 0.5) is 0 Å². The lowest BCUT2D eigenvalue weighted by Gasteiger charge is -2.22. The minimum absolute atomic E-state index is 0.0245. The normalized spacial score (nSPS) is 17.6. The van der Waals surface area contributed by atoms with Crippen LogP contribution < -0.4 is 5.32 Å². The molecule has 1 N–H and O–H groups in total. The van der Waals surface area contributed by atoms with Crippen LogP contribution >= 0.6 is 0 Å². The maximum absolute atomic E-state index is 12.6. The van der Waals surface area contributed by atoms with Crippen molar-refractivity contribution in [3.05, 3.63) is 59.7 Å². The van der Waals surface area contributed by atoms with Gasteiger partial charge in [-0.15, -0.1) is 0 Å². The number of rotatable bonds is 6. The number of nitrogens with one attached hydrogen (secondary N) is 1. The first-order valence-corrected chi connectivity index (χ1v) is 9.43. The third-order valence-electron chi connectivity index (χ3n) is 5.20. The molecule has 3 rings (SSSR count). The van der Waals surface area contributed by atoms with Crippen LogP contribution in [0.1, 0.15) is 42.6 Å². The minimum Gasteiger partial charge on any atom is -0.350 e. The Morgan fingerprint density at radius 1 is 1.12 bits per heavy atom. The van der Waals surface area contributed by atoms with Gasteiger partial charge in [0.2, 0.25) is 0 Å². The van der Waals surface area contributed by atoms with Crippen molar-refractivity contribution in [2.24, 2.45) is 0 Å². The van der Waals surface area contributed by atoms with Crippen molar-refractivity contribution >= 4 is 5.91 Å². The second kappa shape index (κ2) is 8.30. The van der Waals surface area contributed by atoms with E-state index in [1.165, 1.54) is 24.0 Å². The van der Waals surface area contributed by atoms with Crippen LogP contribution in [-0.2, 0) is 6.42 Å². The number of hydrogen-bond donors (Lipinski definition) is 1. The summed E-state index contributed by atoms with van der Waals surface area (Å²) >= 11 is 0. The fourth-order valence-electron chi connectivity index (χ4n) is 3.67. The average molecular weight is 336 g/mol. The summed E-state index contributed by atoms with van der Waals surface area (Å²) in [6, 6.07) is 17.0. The molecule has 3 heteroatoms. The lowest BCUT2D eigenvalue weighted by molar-refractivity contribution is 0.0941. The van der Waals surface area contributed by atoms with Gasteiger partial charge in [-0.2, -0.15) is 0 Å². The molecule has 1 heterocycles. The molecule has 0 aliphatic carbocycles. The molecule has 1 saturated heterocycles. The van der Waals surface area contributed by atoms with E-state index in [9.17, 15) is 4.79 Å². The SMILES string of the molecule is CCc1cccc(-c2cccc(C(=O)NC[C@H]3CCCN3CC)c2)c1. The summed E-state index contributed by atoms with van der Waals surface area (Å²) in [7, 11) is 0. The van der Waals surface area contributed by atoms with Crippen LogP contribution in [0.2, 0.25) is 0 Å². The fourth-order valence-corrected chi connectivity index (χ4v) is 3.67. The Morgan fingerprint density at radius 2 is 1.88 bits per heavy atom. The summed E-state index contributed by atoms with van der Waals surface area (Å²) in [4.78, 5) is 15.0. The average Bonchev–Trinajstić information content (AvgIpc) is 3.14. The van der Waals surface area contributed by atoms with Crippen LogP contribution in [0.15, 0.2) is 48.5 Å². The van der Waals surface area contributed by atoms with Crippen molar-refractivity contribution < 1.29 is 4.79 Å². The van der Waals surface area contributed by atoms with Gasteiger partial charge in [-0.3, -0.25) is 9.69 Å². The second-order valence-electron chi connectivity index (χ2n) is 6.77. The highest BCUT2D eigenvalue weighted by Gasteiger charge is 2.23. The Labute approximate surface area is 151 Å². The lowest BCUT2D eigenvalue weighted by atomic mass is 10.00. The minimum atomic E-state index is 0.0245. The zero-order valence-corrected chi connectivity index (χ0v) is 15.3. The second-order valence-corrected chi connectivity index (χ2v) is 6.77. The zero-order valence-electron chi connectivity index (χ0n) is 15.3. The first kappa shape index (κ1) is 17.7. The van der Waals surface area contributed by atoms with Crippen LogP contribution in [-0.4, -0.2) is 36.5 Å². The first-order chi connectivity index (χ1) is 12.2. The predicted molar refractivity (Wildman–Crippen MR) is 104 cm³/mol. The Morgan fingerprint density at radius 3 is 2.64 bits per heavy atom. The van der Waals surface area contributed by atoms with Gasteiger partial charge in [-0.1, -0.05) is 50.2 Å². The van der Waals surface area contributed by atoms with Gasteiger partial charge in [-0.25, -0.2) is 0 Å². The molecule has 0 spiro atoms. The maximum Gasteiger partial charge on any atom is 0.251 e. The van der Waals surface area contributed by atoms with Crippen LogP contribution in [0.3, 0.4) is 0 Å². The molecule has 1 aliphatic heterocycles. The molecule has 3 nitrogen and oxygen atoms in total. The number of likely N-dealkylation sites (tertiary alicyclic amines) is 1. The molecule has 1 atom stereocenters. The third kappa shape index (κ3) is 4.29. The molecule has 1 amide bonds. The van der Waals surface area contributed by atoms with E-state index < -0.39 is 0 Å². The fraction of sp³-hybridized carbons (Fsp3) is 0.409. The highest BCUT2D eigenvalue weighted by atomic mass is 16.1. The molecule has 2 aromatic carbocycles. The van der Waals surface area contributed by atoms with Crippen molar-refractivity contribution in [3.8, 4) is 11.1 Å². The molecule has 1 aliphatic rings. The van der Waals surface area contributed by atoms with Crippen molar-refractivity contribution in [2.45, 2.75) is 39.2 Å². The Hall–Kier alpha value is -2.13.